The van der Waals surface area contributed by atoms with Crippen molar-refractivity contribution in [1.82, 2.24) is 9.21 Å². The molecule has 51 heavy (non-hydrogen) atoms. The van der Waals surface area contributed by atoms with Gasteiger partial charge < -0.3 is 25.4 Å². The van der Waals surface area contributed by atoms with Crippen LogP contribution in [-0.4, -0.2) is 79.7 Å². The van der Waals surface area contributed by atoms with Gasteiger partial charge in [0.05, 0.1) is 10.9 Å². The van der Waals surface area contributed by atoms with Gasteiger partial charge in [-0.3, -0.25) is 4.79 Å². The largest absolute Gasteiger partial charge is 0.444 e. The lowest BCUT2D eigenvalue weighted by atomic mass is 9.76. The van der Waals surface area contributed by atoms with Crippen LogP contribution in [0.3, 0.4) is 0 Å². The topological polar surface area (TPSA) is 131 Å². The van der Waals surface area contributed by atoms with E-state index in [1.54, 1.807) is 64.1 Å². The average Bonchev–Trinajstić information content (AvgIpc) is 3.08. The van der Waals surface area contributed by atoms with Crippen LogP contribution >= 0.6 is 0 Å². The van der Waals surface area contributed by atoms with Gasteiger partial charge >= 0.3 is 6.09 Å². The molecule has 2 aliphatic heterocycles. The molecule has 2 aliphatic rings. The molecule has 0 aliphatic carbocycles. The predicted molar refractivity (Wildman–Crippen MR) is 191 cm³/mol. The molecule has 276 valence electrons. The van der Waals surface area contributed by atoms with Gasteiger partial charge in [-0.05, 0) is 101 Å². The number of anilines is 1. The first-order valence-electron chi connectivity index (χ1n) is 17.4. The summed E-state index contributed by atoms with van der Waals surface area (Å²) in [4.78, 5) is 28.6. The molecule has 0 aromatic heterocycles. The van der Waals surface area contributed by atoms with Crippen LogP contribution in [0.5, 0.6) is 0 Å². The molecule has 0 saturated carbocycles. The minimum atomic E-state index is -4.01. The smallest absolute Gasteiger partial charge is 0.410 e. The Bertz CT molecular complexity index is 1770. The van der Waals surface area contributed by atoms with Crippen LogP contribution in [0.2, 0.25) is 0 Å². The number of rotatable bonds is 10. The van der Waals surface area contributed by atoms with Crippen molar-refractivity contribution in [3.05, 3.63) is 95.6 Å². The molecular formula is C38H48F2N4O6S. The lowest BCUT2D eigenvalue weighted by molar-refractivity contribution is -0.118. The minimum absolute atomic E-state index is 0.00991. The monoisotopic (exact) mass is 726 g/mol. The van der Waals surface area contributed by atoms with Crippen molar-refractivity contribution in [2.75, 3.05) is 31.6 Å². The molecule has 3 aromatic carbocycles. The highest BCUT2D eigenvalue weighted by atomic mass is 32.2. The first kappa shape index (κ1) is 38.3. The third-order valence-electron chi connectivity index (χ3n) is 9.50. The van der Waals surface area contributed by atoms with Gasteiger partial charge in [0.15, 0.2) is 0 Å². The minimum Gasteiger partial charge on any atom is -0.444 e. The van der Waals surface area contributed by atoms with E-state index in [9.17, 15) is 22.4 Å². The van der Waals surface area contributed by atoms with E-state index in [1.165, 1.54) is 45.6 Å². The number of hydrogen-bond donors (Lipinski definition) is 2. The van der Waals surface area contributed by atoms with Crippen molar-refractivity contribution >= 4 is 27.7 Å². The quantitative estimate of drug-likeness (QED) is 0.259. The summed E-state index contributed by atoms with van der Waals surface area (Å²) >= 11 is 0. The molecule has 0 bridgehead atoms. The summed E-state index contributed by atoms with van der Waals surface area (Å²) in [6, 6.07) is 16.0. The van der Waals surface area contributed by atoms with Crippen LogP contribution in [0.1, 0.15) is 64.0 Å². The summed E-state index contributed by atoms with van der Waals surface area (Å²) in [5.41, 5.74) is 7.01. The van der Waals surface area contributed by atoms with E-state index in [0.717, 1.165) is 5.56 Å². The lowest BCUT2D eigenvalue weighted by Crippen LogP contribution is -2.61. The Morgan fingerprint density at radius 1 is 0.980 bits per heavy atom. The first-order chi connectivity index (χ1) is 24.2. The molecule has 0 radical (unpaired) electrons. The Balaban J connectivity index is 1.40. The fourth-order valence-electron chi connectivity index (χ4n) is 7.16. The summed E-state index contributed by atoms with van der Waals surface area (Å²) in [7, 11) is -4.01. The molecule has 2 saturated heterocycles. The SMILES string of the molecule is CC1CN(C(=O)OC(C)(C)C)CC(CCc2c(F)cccc2NC(=O)C(N)C(c2ccc(F)cc2)C2CCOCC2)N1S(=O)(=O)c1ccccc1. The van der Waals surface area contributed by atoms with Gasteiger partial charge in [-0.1, -0.05) is 36.4 Å². The van der Waals surface area contributed by atoms with Gasteiger partial charge in [0.2, 0.25) is 15.9 Å². The summed E-state index contributed by atoms with van der Waals surface area (Å²) in [5, 5.41) is 2.84. The van der Waals surface area contributed by atoms with Gasteiger partial charge in [-0.15, -0.1) is 0 Å². The molecule has 3 aromatic rings. The van der Waals surface area contributed by atoms with E-state index >= 15 is 4.39 Å². The maximum absolute atomic E-state index is 15.6. The number of nitrogens with zero attached hydrogens (tertiary/aromatic N) is 2. The maximum atomic E-state index is 15.6. The van der Waals surface area contributed by atoms with Gasteiger partial charge in [-0.2, -0.15) is 4.31 Å². The van der Waals surface area contributed by atoms with Crippen LogP contribution in [0.4, 0.5) is 19.3 Å². The number of ether oxygens (including phenoxy) is 2. The molecule has 5 rings (SSSR count). The Hall–Kier alpha value is -3.91. The summed E-state index contributed by atoms with van der Waals surface area (Å²) in [6.07, 6.45) is 0.961. The lowest BCUT2D eigenvalue weighted by Gasteiger charge is -2.44. The number of benzene rings is 3. The summed E-state index contributed by atoms with van der Waals surface area (Å²) in [6.45, 7) is 8.18. The van der Waals surface area contributed by atoms with E-state index in [-0.39, 0.29) is 48.0 Å². The highest BCUT2D eigenvalue weighted by molar-refractivity contribution is 7.89. The number of nitrogens with one attached hydrogen (secondary N) is 1. The third kappa shape index (κ3) is 9.31. The molecule has 4 atom stereocenters. The molecular weight excluding hydrogens is 679 g/mol. The molecule has 4 unspecified atom stereocenters. The van der Waals surface area contributed by atoms with Crippen molar-refractivity contribution in [3.63, 3.8) is 0 Å². The van der Waals surface area contributed by atoms with E-state index in [0.29, 0.717) is 26.1 Å². The van der Waals surface area contributed by atoms with E-state index in [2.05, 4.69) is 5.32 Å². The average molecular weight is 727 g/mol. The fraction of sp³-hybridized carbons (Fsp3) is 0.474. The van der Waals surface area contributed by atoms with Crippen LogP contribution in [0, 0.1) is 17.6 Å². The molecule has 13 heteroatoms. The van der Waals surface area contributed by atoms with Gasteiger partial charge in [-0.25, -0.2) is 22.0 Å². The Morgan fingerprint density at radius 3 is 2.29 bits per heavy atom. The third-order valence-corrected chi connectivity index (χ3v) is 11.6. The number of carbonyl (C=O) groups is 2. The second-order valence-electron chi connectivity index (χ2n) is 14.4. The van der Waals surface area contributed by atoms with Crippen molar-refractivity contribution < 1.29 is 36.3 Å². The second-order valence-corrected chi connectivity index (χ2v) is 16.2. The number of piperazine rings is 1. The highest BCUT2D eigenvalue weighted by Gasteiger charge is 2.43. The van der Waals surface area contributed by atoms with Crippen molar-refractivity contribution in [2.24, 2.45) is 11.7 Å². The van der Waals surface area contributed by atoms with Crippen molar-refractivity contribution in [3.8, 4) is 0 Å². The van der Waals surface area contributed by atoms with Crippen LogP contribution in [0.15, 0.2) is 77.7 Å². The van der Waals surface area contributed by atoms with Crippen molar-refractivity contribution in [2.45, 2.75) is 87.9 Å². The van der Waals surface area contributed by atoms with E-state index in [4.69, 9.17) is 15.2 Å². The maximum Gasteiger partial charge on any atom is 0.410 e. The first-order valence-corrected chi connectivity index (χ1v) is 18.8. The highest BCUT2D eigenvalue weighted by Crippen LogP contribution is 2.36. The second kappa shape index (κ2) is 16.2. The number of carbonyl (C=O) groups excluding carboxylic acids is 2. The predicted octanol–water partition coefficient (Wildman–Crippen LogP) is 6.07. The zero-order valence-electron chi connectivity index (χ0n) is 29.6. The Kier molecular flexibility index (Phi) is 12.2. The van der Waals surface area contributed by atoms with Crippen LogP contribution in [-0.2, 0) is 30.7 Å². The zero-order valence-corrected chi connectivity index (χ0v) is 30.4. The van der Waals surface area contributed by atoms with Gasteiger partial charge in [0, 0.05) is 55.6 Å². The molecule has 10 nitrogen and oxygen atoms in total. The Labute approximate surface area is 299 Å². The fourth-order valence-corrected chi connectivity index (χ4v) is 9.01. The number of nitrogens with two attached hydrogens (primary N) is 1. The number of halogens is 2. The molecule has 3 N–H and O–H groups in total. The zero-order chi connectivity index (χ0) is 36.9. The van der Waals surface area contributed by atoms with Gasteiger partial charge in [0.1, 0.15) is 17.2 Å². The summed E-state index contributed by atoms with van der Waals surface area (Å²) < 4.78 is 70.1. The van der Waals surface area contributed by atoms with Gasteiger partial charge in [0.25, 0.3) is 0 Å². The van der Waals surface area contributed by atoms with Crippen molar-refractivity contribution in [1.29, 1.82) is 0 Å². The normalized spacial score (nSPS) is 20.4. The number of hydrogen-bond acceptors (Lipinski definition) is 7. The molecule has 2 fully saturated rings. The van der Waals surface area contributed by atoms with Crippen LogP contribution in [0.25, 0.3) is 0 Å². The Morgan fingerprint density at radius 2 is 1.65 bits per heavy atom. The summed E-state index contributed by atoms with van der Waals surface area (Å²) in [5.74, 6) is -1.94. The standard InChI is InChI=1S/C38H48F2N4O6S/c1-25-23-43(37(46)50-38(2,3)4)24-29(44(25)51(47,48)30-9-6-5-7-10-30)17-18-31-32(40)11-8-12-33(31)42-36(45)35(41)34(27-19-21-49-22-20-27)26-13-15-28(39)16-14-26/h5-16,25,27,29,34-35H,17-24,41H2,1-4H3,(H,42,45). The van der Waals surface area contributed by atoms with Crippen LogP contribution < -0.4 is 11.1 Å². The molecule has 2 amide bonds. The van der Waals surface area contributed by atoms with E-state index in [1.807, 2.05) is 0 Å². The van der Waals surface area contributed by atoms with E-state index < -0.39 is 63.3 Å². The molecule has 2 heterocycles. The molecule has 0 spiro atoms. The number of sulfonamides is 1. The number of amides is 2.